The van der Waals surface area contributed by atoms with E-state index in [0.717, 1.165) is 20.6 Å². The third kappa shape index (κ3) is 3.43. The predicted molar refractivity (Wildman–Crippen MR) is 97.2 cm³/mol. The molecular formula is C17H15BrN2O2S. The normalized spacial score (nSPS) is 16.5. The fourth-order valence-electron chi connectivity index (χ4n) is 2.28. The van der Waals surface area contributed by atoms with Crippen LogP contribution in [0.5, 0.6) is 0 Å². The van der Waals surface area contributed by atoms with Crippen LogP contribution >= 0.6 is 27.7 Å². The topological polar surface area (TPSA) is 58.2 Å². The Morgan fingerprint density at radius 3 is 2.78 bits per heavy atom. The molecule has 3 rings (SSSR count). The molecule has 1 aliphatic rings. The molecule has 1 atom stereocenters. The largest absolute Gasteiger partial charge is 0.324 e. The minimum Gasteiger partial charge on any atom is -0.324 e. The highest BCUT2D eigenvalue weighted by molar-refractivity contribution is 9.10. The number of halogens is 1. The average Bonchev–Trinajstić information content (AvgIpc) is 2.51. The van der Waals surface area contributed by atoms with E-state index < -0.39 is 0 Å². The molecule has 0 spiro atoms. The molecule has 0 saturated carbocycles. The van der Waals surface area contributed by atoms with Gasteiger partial charge >= 0.3 is 0 Å². The first-order valence-corrected chi connectivity index (χ1v) is 8.80. The summed E-state index contributed by atoms with van der Waals surface area (Å²) in [6.45, 7) is 3.83. The number of amides is 2. The van der Waals surface area contributed by atoms with Crippen molar-refractivity contribution in [3.05, 3.63) is 52.0 Å². The maximum atomic E-state index is 12.4. The van der Waals surface area contributed by atoms with E-state index >= 15 is 0 Å². The average molecular weight is 391 g/mol. The third-order valence-corrected chi connectivity index (χ3v) is 5.66. The van der Waals surface area contributed by atoms with Crippen LogP contribution in [0.2, 0.25) is 0 Å². The van der Waals surface area contributed by atoms with E-state index in [-0.39, 0.29) is 17.1 Å². The molecule has 1 heterocycles. The lowest BCUT2D eigenvalue weighted by molar-refractivity contribution is -0.115. The Morgan fingerprint density at radius 2 is 2.04 bits per heavy atom. The maximum absolute atomic E-state index is 12.4. The standard InChI is InChI=1S/C17H15BrN2O2S/c1-9-7-12(4-5-13(9)18)19-17(22)11-3-6-15-14(8-11)20-16(21)10(2)23-15/h3-8,10H,1-2H3,(H,19,22)(H,20,21)/t10-/m0/s1. The van der Waals surface area contributed by atoms with Crippen LogP contribution in [0, 0.1) is 6.92 Å². The van der Waals surface area contributed by atoms with Crippen molar-refractivity contribution >= 4 is 50.9 Å². The van der Waals surface area contributed by atoms with E-state index in [1.807, 2.05) is 38.1 Å². The lowest BCUT2D eigenvalue weighted by Gasteiger charge is -2.21. The second kappa shape index (κ2) is 6.37. The molecule has 2 N–H and O–H groups in total. The van der Waals surface area contributed by atoms with Crippen LogP contribution in [-0.2, 0) is 4.79 Å². The van der Waals surface area contributed by atoms with Gasteiger partial charge in [-0.2, -0.15) is 0 Å². The van der Waals surface area contributed by atoms with Crippen molar-refractivity contribution < 1.29 is 9.59 Å². The smallest absolute Gasteiger partial charge is 0.255 e. The van der Waals surface area contributed by atoms with Gasteiger partial charge in [0.05, 0.1) is 10.9 Å². The van der Waals surface area contributed by atoms with Crippen LogP contribution in [0.1, 0.15) is 22.8 Å². The molecule has 6 heteroatoms. The summed E-state index contributed by atoms with van der Waals surface area (Å²) in [4.78, 5) is 25.1. The van der Waals surface area contributed by atoms with Crippen molar-refractivity contribution in [2.24, 2.45) is 0 Å². The molecule has 1 aliphatic heterocycles. The third-order valence-electron chi connectivity index (χ3n) is 3.59. The molecule has 0 aliphatic carbocycles. The summed E-state index contributed by atoms with van der Waals surface area (Å²) in [5, 5.41) is 5.60. The molecule has 0 saturated heterocycles. The SMILES string of the molecule is Cc1cc(NC(=O)c2ccc3c(c2)NC(=O)[C@H](C)S3)ccc1Br. The quantitative estimate of drug-likeness (QED) is 0.796. The minimum atomic E-state index is -0.201. The maximum Gasteiger partial charge on any atom is 0.255 e. The molecule has 0 fully saturated rings. The highest BCUT2D eigenvalue weighted by Crippen LogP contribution is 2.36. The van der Waals surface area contributed by atoms with Crippen molar-refractivity contribution in [3.8, 4) is 0 Å². The van der Waals surface area contributed by atoms with Gasteiger partial charge in [-0.25, -0.2) is 0 Å². The van der Waals surface area contributed by atoms with Crippen LogP contribution in [0.15, 0.2) is 45.8 Å². The zero-order valence-corrected chi connectivity index (χ0v) is 15.0. The van der Waals surface area contributed by atoms with Crippen LogP contribution in [0.25, 0.3) is 0 Å². The number of hydrogen-bond donors (Lipinski definition) is 2. The molecule has 2 amide bonds. The molecular weight excluding hydrogens is 376 g/mol. The number of hydrogen-bond acceptors (Lipinski definition) is 3. The van der Waals surface area contributed by atoms with Gasteiger partial charge in [-0.05, 0) is 55.8 Å². The van der Waals surface area contributed by atoms with Gasteiger partial charge in [0.2, 0.25) is 5.91 Å². The lowest BCUT2D eigenvalue weighted by Crippen LogP contribution is -2.26. The molecule has 118 valence electrons. The zero-order chi connectivity index (χ0) is 16.6. The van der Waals surface area contributed by atoms with Gasteiger partial charge in [0.1, 0.15) is 0 Å². The first kappa shape index (κ1) is 16.1. The first-order valence-electron chi connectivity index (χ1n) is 7.13. The Kier molecular flexibility index (Phi) is 4.46. The van der Waals surface area contributed by atoms with E-state index in [4.69, 9.17) is 0 Å². The first-order chi connectivity index (χ1) is 10.9. The van der Waals surface area contributed by atoms with Gasteiger partial charge in [0, 0.05) is 20.6 Å². The van der Waals surface area contributed by atoms with Gasteiger partial charge in [0.25, 0.3) is 5.91 Å². The number of carbonyl (C=O) groups is 2. The van der Waals surface area contributed by atoms with Crippen LogP contribution in [-0.4, -0.2) is 17.1 Å². The van der Waals surface area contributed by atoms with Crippen molar-refractivity contribution in [2.45, 2.75) is 24.0 Å². The Bertz CT molecular complexity index is 807. The number of thioether (sulfide) groups is 1. The number of anilines is 2. The van der Waals surface area contributed by atoms with Crippen molar-refractivity contribution in [2.75, 3.05) is 10.6 Å². The van der Waals surface area contributed by atoms with E-state index in [2.05, 4.69) is 26.6 Å². The van der Waals surface area contributed by atoms with Crippen LogP contribution in [0.3, 0.4) is 0 Å². The fourth-order valence-corrected chi connectivity index (χ4v) is 3.45. The molecule has 0 bridgehead atoms. The summed E-state index contributed by atoms with van der Waals surface area (Å²) in [7, 11) is 0. The predicted octanol–water partition coefficient (Wildman–Crippen LogP) is 4.44. The molecule has 23 heavy (non-hydrogen) atoms. The molecule has 4 nitrogen and oxygen atoms in total. The second-order valence-electron chi connectivity index (χ2n) is 5.38. The number of carbonyl (C=O) groups excluding carboxylic acids is 2. The van der Waals surface area contributed by atoms with Gasteiger partial charge in [-0.15, -0.1) is 11.8 Å². The molecule has 0 radical (unpaired) electrons. The Balaban J connectivity index is 1.81. The Morgan fingerprint density at radius 1 is 1.26 bits per heavy atom. The number of nitrogens with one attached hydrogen (secondary N) is 2. The number of rotatable bonds is 2. The monoisotopic (exact) mass is 390 g/mol. The van der Waals surface area contributed by atoms with Crippen molar-refractivity contribution in [1.82, 2.24) is 0 Å². The van der Waals surface area contributed by atoms with E-state index in [1.54, 1.807) is 12.1 Å². The van der Waals surface area contributed by atoms with E-state index in [0.29, 0.717) is 11.3 Å². The highest BCUT2D eigenvalue weighted by Gasteiger charge is 2.23. The lowest BCUT2D eigenvalue weighted by atomic mass is 10.1. The van der Waals surface area contributed by atoms with Gasteiger partial charge in [-0.1, -0.05) is 15.9 Å². The molecule has 0 unspecified atom stereocenters. The zero-order valence-electron chi connectivity index (χ0n) is 12.6. The van der Waals surface area contributed by atoms with Crippen LogP contribution < -0.4 is 10.6 Å². The summed E-state index contributed by atoms with van der Waals surface area (Å²) in [6, 6.07) is 11.0. The second-order valence-corrected chi connectivity index (χ2v) is 7.62. The number of benzene rings is 2. The van der Waals surface area contributed by atoms with Crippen molar-refractivity contribution in [1.29, 1.82) is 0 Å². The molecule has 0 aromatic heterocycles. The fraction of sp³-hybridized carbons (Fsp3) is 0.176. The summed E-state index contributed by atoms with van der Waals surface area (Å²) >= 11 is 4.94. The highest BCUT2D eigenvalue weighted by atomic mass is 79.9. The van der Waals surface area contributed by atoms with Gasteiger partial charge in [0.15, 0.2) is 0 Å². The van der Waals surface area contributed by atoms with Crippen LogP contribution in [0.4, 0.5) is 11.4 Å². The van der Waals surface area contributed by atoms with Gasteiger partial charge < -0.3 is 10.6 Å². The molecule has 2 aromatic carbocycles. The number of aryl methyl sites for hydroxylation is 1. The minimum absolute atomic E-state index is 0.0383. The Hall–Kier alpha value is -1.79. The van der Waals surface area contributed by atoms with Gasteiger partial charge in [-0.3, -0.25) is 9.59 Å². The summed E-state index contributed by atoms with van der Waals surface area (Å²) < 4.78 is 0.998. The molecule has 2 aromatic rings. The van der Waals surface area contributed by atoms with Crippen molar-refractivity contribution in [3.63, 3.8) is 0 Å². The van der Waals surface area contributed by atoms with E-state index in [1.165, 1.54) is 11.8 Å². The number of fused-ring (bicyclic) bond motifs is 1. The Labute approximate surface area is 147 Å². The summed E-state index contributed by atoms with van der Waals surface area (Å²) in [5.41, 5.74) is 2.99. The summed E-state index contributed by atoms with van der Waals surface area (Å²) in [5.74, 6) is -0.240. The van der Waals surface area contributed by atoms with E-state index in [9.17, 15) is 9.59 Å². The summed E-state index contributed by atoms with van der Waals surface area (Å²) in [6.07, 6.45) is 0.